The van der Waals surface area contributed by atoms with E-state index in [-0.39, 0.29) is 17.2 Å². The van der Waals surface area contributed by atoms with Gasteiger partial charge in [0.25, 0.3) is 0 Å². The van der Waals surface area contributed by atoms with Crippen molar-refractivity contribution in [3.8, 4) is 5.75 Å². The molecule has 86 valence electrons. The van der Waals surface area contributed by atoms with Crippen LogP contribution < -0.4 is 0 Å². The van der Waals surface area contributed by atoms with E-state index in [0.717, 1.165) is 5.56 Å². The van der Waals surface area contributed by atoms with E-state index in [1.807, 2.05) is 0 Å². The molecule has 1 N–H and O–H groups in total. The molecular formula is C13H11NO3. The standard InChI is InChI=1S/C13H11NO3/c15-8-12-11(13(17)5-6-14-12)7-9-1-3-10(16)4-2-9/h1-6,8,11,16H,7H2. The number of nitrogens with zero attached hydrogens (tertiary/aromatic N) is 1. The van der Waals surface area contributed by atoms with Gasteiger partial charge in [-0.05, 0) is 24.1 Å². The molecule has 0 bridgehead atoms. The number of benzene rings is 1. The molecule has 0 saturated heterocycles. The second-order valence-corrected chi connectivity index (χ2v) is 3.81. The average Bonchev–Trinajstić information content (AvgIpc) is 2.34. The van der Waals surface area contributed by atoms with Gasteiger partial charge in [0.2, 0.25) is 0 Å². The molecule has 1 aliphatic rings. The molecule has 1 aromatic carbocycles. The highest BCUT2D eigenvalue weighted by Gasteiger charge is 2.24. The lowest BCUT2D eigenvalue weighted by Gasteiger charge is -2.15. The largest absolute Gasteiger partial charge is 0.508 e. The van der Waals surface area contributed by atoms with Gasteiger partial charge in [-0.15, -0.1) is 0 Å². The zero-order chi connectivity index (χ0) is 12.3. The van der Waals surface area contributed by atoms with Crippen LogP contribution in [-0.4, -0.2) is 22.9 Å². The third-order valence-corrected chi connectivity index (χ3v) is 2.66. The maximum Gasteiger partial charge on any atom is 0.166 e. The molecule has 0 amide bonds. The van der Waals surface area contributed by atoms with Crippen molar-refractivity contribution in [3.05, 3.63) is 42.1 Å². The molecule has 17 heavy (non-hydrogen) atoms. The van der Waals surface area contributed by atoms with Crippen LogP contribution in [0.15, 0.2) is 41.5 Å². The number of hydrogen-bond acceptors (Lipinski definition) is 4. The van der Waals surface area contributed by atoms with Gasteiger partial charge in [-0.1, -0.05) is 12.1 Å². The van der Waals surface area contributed by atoms with Crippen molar-refractivity contribution in [2.75, 3.05) is 0 Å². The lowest BCUT2D eigenvalue weighted by Crippen LogP contribution is -2.28. The number of allylic oxidation sites excluding steroid dienone is 1. The van der Waals surface area contributed by atoms with Crippen LogP contribution in [0.1, 0.15) is 5.56 Å². The molecule has 0 aromatic heterocycles. The van der Waals surface area contributed by atoms with E-state index in [0.29, 0.717) is 12.7 Å². The fourth-order valence-corrected chi connectivity index (χ4v) is 1.73. The molecular weight excluding hydrogens is 218 g/mol. The van der Waals surface area contributed by atoms with E-state index < -0.39 is 5.92 Å². The Kier molecular flexibility index (Phi) is 3.14. The SMILES string of the molecule is O=CC1=NC=CC(=O)C1Cc1ccc(O)cc1. The van der Waals surface area contributed by atoms with E-state index in [1.165, 1.54) is 12.3 Å². The van der Waals surface area contributed by atoms with Crippen molar-refractivity contribution in [1.29, 1.82) is 0 Å². The summed E-state index contributed by atoms with van der Waals surface area (Å²) in [6.45, 7) is 0. The highest BCUT2D eigenvalue weighted by Crippen LogP contribution is 2.17. The Morgan fingerprint density at radius 3 is 2.65 bits per heavy atom. The van der Waals surface area contributed by atoms with Crippen molar-refractivity contribution in [1.82, 2.24) is 0 Å². The minimum absolute atomic E-state index is 0.116. The summed E-state index contributed by atoms with van der Waals surface area (Å²) < 4.78 is 0. The number of aromatic hydroxyl groups is 1. The molecule has 1 aliphatic heterocycles. The molecule has 0 saturated carbocycles. The molecule has 1 atom stereocenters. The normalized spacial score (nSPS) is 18.9. The molecule has 0 radical (unpaired) electrons. The van der Waals surface area contributed by atoms with Crippen molar-refractivity contribution in [2.45, 2.75) is 6.42 Å². The van der Waals surface area contributed by atoms with Crippen molar-refractivity contribution >= 4 is 17.8 Å². The summed E-state index contributed by atoms with van der Waals surface area (Å²) in [6.07, 6.45) is 3.75. The summed E-state index contributed by atoms with van der Waals surface area (Å²) in [6, 6.07) is 6.55. The van der Waals surface area contributed by atoms with Crippen LogP contribution >= 0.6 is 0 Å². The summed E-state index contributed by atoms with van der Waals surface area (Å²) in [5.74, 6) is -0.454. The smallest absolute Gasteiger partial charge is 0.166 e. The number of carbonyl (C=O) groups is 2. The Morgan fingerprint density at radius 2 is 2.00 bits per heavy atom. The Labute approximate surface area is 98.3 Å². The van der Waals surface area contributed by atoms with Crippen LogP contribution in [0.3, 0.4) is 0 Å². The van der Waals surface area contributed by atoms with E-state index >= 15 is 0 Å². The Bertz CT molecular complexity index is 500. The third kappa shape index (κ3) is 2.47. The second kappa shape index (κ2) is 4.74. The molecule has 1 aromatic rings. The van der Waals surface area contributed by atoms with Crippen molar-refractivity contribution < 1.29 is 14.7 Å². The van der Waals surface area contributed by atoms with Crippen LogP contribution in [0.2, 0.25) is 0 Å². The highest BCUT2D eigenvalue weighted by molar-refractivity contribution is 6.36. The number of ketones is 1. The monoisotopic (exact) mass is 229 g/mol. The summed E-state index contributed by atoms with van der Waals surface area (Å²) in [7, 11) is 0. The maximum atomic E-state index is 11.7. The summed E-state index contributed by atoms with van der Waals surface area (Å²) in [4.78, 5) is 26.4. The average molecular weight is 229 g/mol. The minimum atomic E-state index is -0.512. The lowest BCUT2D eigenvalue weighted by molar-refractivity contribution is -0.117. The van der Waals surface area contributed by atoms with Gasteiger partial charge in [0.1, 0.15) is 5.75 Å². The number of rotatable bonds is 3. The predicted octanol–water partition coefficient (Wildman–Crippen LogP) is 1.29. The van der Waals surface area contributed by atoms with E-state index in [4.69, 9.17) is 5.11 Å². The molecule has 1 heterocycles. The van der Waals surface area contributed by atoms with Gasteiger partial charge in [-0.2, -0.15) is 0 Å². The first-order chi connectivity index (χ1) is 8.20. The van der Waals surface area contributed by atoms with Crippen LogP contribution in [0.25, 0.3) is 0 Å². The first-order valence-electron chi connectivity index (χ1n) is 5.22. The molecule has 0 spiro atoms. The van der Waals surface area contributed by atoms with Crippen molar-refractivity contribution in [2.24, 2.45) is 10.9 Å². The van der Waals surface area contributed by atoms with Gasteiger partial charge in [0, 0.05) is 12.3 Å². The minimum Gasteiger partial charge on any atom is -0.508 e. The quantitative estimate of drug-likeness (QED) is 0.794. The summed E-state index contributed by atoms with van der Waals surface area (Å²) in [5.41, 5.74) is 1.14. The van der Waals surface area contributed by atoms with Gasteiger partial charge in [-0.3, -0.25) is 14.6 Å². The Hall–Kier alpha value is -2.23. The van der Waals surface area contributed by atoms with Crippen LogP contribution in [-0.2, 0) is 16.0 Å². The van der Waals surface area contributed by atoms with E-state index in [9.17, 15) is 9.59 Å². The Balaban J connectivity index is 2.20. The number of aliphatic imine (C=N–C) groups is 1. The van der Waals surface area contributed by atoms with Gasteiger partial charge >= 0.3 is 0 Å². The molecule has 0 aliphatic carbocycles. The third-order valence-electron chi connectivity index (χ3n) is 2.66. The van der Waals surface area contributed by atoms with Crippen molar-refractivity contribution in [3.63, 3.8) is 0 Å². The number of carbonyl (C=O) groups excluding carboxylic acids is 2. The van der Waals surface area contributed by atoms with Gasteiger partial charge in [-0.25, -0.2) is 0 Å². The Morgan fingerprint density at radius 1 is 1.29 bits per heavy atom. The number of hydrogen-bond donors (Lipinski definition) is 1. The zero-order valence-corrected chi connectivity index (χ0v) is 9.04. The number of phenols is 1. The summed E-state index contributed by atoms with van der Waals surface area (Å²) >= 11 is 0. The summed E-state index contributed by atoms with van der Waals surface area (Å²) in [5, 5.41) is 9.15. The van der Waals surface area contributed by atoms with Crippen LogP contribution in [0.5, 0.6) is 5.75 Å². The molecule has 4 heteroatoms. The van der Waals surface area contributed by atoms with E-state index in [1.54, 1.807) is 24.3 Å². The fourth-order valence-electron chi connectivity index (χ4n) is 1.73. The van der Waals surface area contributed by atoms with Gasteiger partial charge in [0.05, 0.1) is 11.6 Å². The first kappa shape index (κ1) is 11.3. The number of phenolic OH excluding ortho intramolecular Hbond substituents is 1. The molecule has 4 nitrogen and oxygen atoms in total. The van der Waals surface area contributed by atoms with Gasteiger partial charge in [0.15, 0.2) is 12.1 Å². The lowest BCUT2D eigenvalue weighted by atomic mass is 9.90. The second-order valence-electron chi connectivity index (χ2n) is 3.81. The highest BCUT2D eigenvalue weighted by atomic mass is 16.3. The fraction of sp³-hybridized carbons (Fsp3) is 0.154. The predicted molar refractivity (Wildman–Crippen MR) is 62.9 cm³/mol. The van der Waals surface area contributed by atoms with Gasteiger partial charge < -0.3 is 5.11 Å². The van der Waals surface area contributed by atoms with Crippen LogP contribution in [0.4, 0.5) is 0 Å². The molecule has 2 rings (SSSR count). The van der Waals surface area contributed by atoms with Crippen LogP contribution in [0, 0.1) is 5.92 Å². The topological polar surface area (TPSA) is 66.7 Å². The number of aldehydes is 1. The van der Waals surface area contributed by atoms with E-state index in [2.05, 4.69) is 4.99 Å². The molecule has 0 fully saturated rings. The zero-order valence-electron chi connectivity index (χ0n) is 9.04. The first-order valence-corrected chi connectivity index (χ1v) is 5.22. The molecule has 1 unspecified atom stereocenters. The maximum absolute atomic E-state index is 11.7.